The first-order chi connectivity index (χ1) is 19.8. The molecule has 0 aliphatic rings. The van der Waals surface area contributed by atoms with Gasteiger partial charge in [0, 0.05) is 6.42 Å². The maximum absolute atomic E-state index is 12.4. The summed E-state index contributed by atoms with van der Waals surface area (Å²) in [5.41, 5.74) is 0. The van der Waals surface area contributed by atoms with Crippen LogP contribution in [0.5, 0.6) is 0 Å². The molecule has 0 spiro atoms. The Balaban J connectivity index is 4.13. The van der Waals surface area contributed by atoms with Gasteiger partial charge in [0.1, 0.15) is 0 Å². The molecule has 0 saturated heterocycles. The van der Waals surface area contributed by atoms with Crippen LogP contribution in [-0.2, 0) is 14.9 Å². The van der Waals surface area contributed by atoms with Gasteiger partial charge in [0.2, 0.25) is 5.91 Å². The van der Waals surface area contributed by atoms with Crippen molar-refractivity contribution in [2.45, 2.75) is 167 Å². The molecule has 240 valence electrons. The number of hydrogen-bond acceptors (Lipinski definition) is 4. The van der Waals surface area contributed by atoms with E-state index in [2.05, 4.69) is 43.5 Å². The van der Waals surface area contributed by atoms with Gasteiger partial charge in [0.05, 0.1) is 17.9 Å². The molecule has 0 aromatic heterocycles. The predicted molar refractivity (Wildman–Crippen MR) is 175 cm³/mol. The minimum atomic E-state index is -4.35. The second kappa shape index (κ2) is 28.7. The summed E-state index contributed by atoms with van der Waals surface area (Å²) in [7, 11) is -4.35. The first kappa shape index (κ1) is 39.6. The molecule has 0 heterocycles. The molecular formula is C34H63NO5S. The largest absolute Gasteiger partial charge is 0.387 e. The molecule has 0 aromatic rings. The number of carbonyl (C=O) groups is 1. The van der Waals surface area contributed by atoms with E-state index in [0.717, 1.165) is 44.9 Å². The van der Waals surface area contributed by atoms with E-state index in [9.17, 15) is 22.9 Å². The zero-order valence-corrected chi connectivity index (χ0v) is 27.2. The third kappa shape index (κ3) is 29.8. The van der Waals surface area contributed by atoms with E-state index in [4.69, 9.17) is 0 Å². The first-order valence-corrected chi connectivity index (χ1v) is 18.3. The highest BCUT2D eigenvalue weighted by Crippen LogP contribution is 2.11. The van der Waals surface area contributed by atoms with Gasteiger partial charge in [-0.3, -0.25) is 9.35 Å². The van der Waals surface area contributed by atoms with E-state index in [1.165, 1.54) is 83.1 Å². The SMILES string of the molecule is CCCCC/C=C\CCCCCCCC(=O)NC(CS(=O)(=O)O)C(O)/C=C/CC/C=C/CCCCCCCCCC. The molecule has 0 radical (unpaired) electrons. The summed E-state index contributed by atoms with van der Waals surface area (Å²) in [5, 5.41) is 13.1. The Labute approximate surface area is 253 Å². The van der Waals surface area contributed by atoms with E-state index < -0.39 is 28.0 Å². The van der Waals surface area contributed by atoms with Gasteiger partial charge < -0.3 is 10.4 Å². The highest BCUT2D eigenvalue weighted by atomic mass is 32.2. The topological polar surface area (TPSA) is 104 Å². The molecule has 0 saturated carbocycles. The third-order valence-corrected chi connectivity index (χ3v) is 8.07. The van der Waals surface area contributed by atoms with Crippen LogP contribution in [0.2, 0.25) is 0 Å². The highest BCUT2D eigenvalue weighted by molar-refractivity contribution is 7.85. The highest BCUT2D eigenvalue weighted by Gasteiger charge is 2.24. The lowest BCUT2D eigenvalue weighted by Crippen LogP contribution is -2.46. The van der Waals surface area contributed by atoms with E-state index in [-0.39, 0.29) is 12.3 Å². The van der Waals surface area contributed by atoms with Crippen LogP contribution in [0.3, 0.4) is 0 Å². The number of rotatable bonds is 29. The van der Waals surface area contributed by atoms with Crippen molar-refractivity contribution in [1.82, 2.24) is 5.32 Å². The molecule has 41 heavy (non-hydrogen) atoms. The van der Waals surface area contributed by atoms with Crippen molar-refractivity contribution in [3.63, 3.8) is 0 Å². The molecule has 2 unspecified atom stereocenters. The van der Waals surface area contributed by atoms with Gasteiger partial charge >= 0.3 is 0 Å². The van der Waals surface area contributed by atoms with Crippen molar-refractivity contribution in [2.24, 2.45) is 0 Å². The smallest absolute Gasteiger partial charge is 0.267 e. The summed E-state index contributed by atoms with van der Waals surface area (Å²) in [6.07, 6.45) is 35.5. The number of aliphatic hydroxyl groups excluding tert-OH is 1. The Kier molecular flexibility index (Phi) is 27.7. The van der Waals surface area contributed by atoms with Gasteiger partial charge in [-0.1, -0.05) is 127 Å². The number of hydrogen-bond donors (Lipinski definition) is 3. The molecular weight excluding hydrogens is 534 g/mol. The van der Waals surface area contributed by atoms with E-state index in [0.29, 0.717) is 12.8 Å². The lowest BCUT2D eigenvalue weighted by atomic mass is 10.1. The summed E-state index contributed by atoms with van der Waals surface area (Å²) < 4.78 is 32.2. The van der Waals surface area contributed by atoms with Crippen LogP contribution in [0.25, 0.3) is 0 Å². The summed E-state index contributed by atoms with van der Waals surface area (Å²) in [6, 6.07) is -1.07. The molecule has 1 amide bonds. The molecule has 0 fully saturated rings. The fraction of sp³-hybridized carbons (Fsp3) is 0.794. The molecule has 2 atom stereocenters. The summed E-state index contributed by atoms with van der Waals surface area (Å²) in [5.74, 6) is -1.01. The third-order valence-electron chi connectivity index (χ3n) is 7.29. The fourth-order valence-corrected chi connectivity index (χ4v) is 5.49. The summed E-state index contributed by atoms with van der Waals surface area (Å²) in [6.45, 7) is 4.46. The van der Waals surface area contributed by atoms with Crippen LogP contribution in [0, 0.1) is 0 Å². The van der Waals surface area contributed by atoms with E-state index in [1.807, 2.05) is 0 Å². The maximum atomic E-state index is 12.4. The van der Waals surface area contributed by atoms with E-state index >= 15 is 0 Å². The van der Waals surface area contributed by atoms with Crippen LogP contribution < -0.4 is 5.32 Å². The van der Waals surface area contributed by atoms with E-state index in [1.54, 1.807) is 6.08 Å². The quantitative estimate of drug-likeness (QED) is 0.0453. The number of aliphatic hydroxyl groups is 1. The molecule has 6 nitrogen and oxygen atoms in total. The van der Waals surface area contributed by atoms with Gasteiger partial charge in [-0.15, -0.1) is 0 Å². The lowest BCUT2D eigenvalue weighted by Gasteiger charge is -2.21. The zero-order chi connectivity index (χ0) is 30.4. The van der Waals surface area contributed by atoms with Crippen molar-refractivity contribution in [3.8, 4) is 0 Å². The van der Waals surface area contributed by atoms with Crippen LogP contribution in [0.1, 0.15) is 155 Å². The second-order valence-corrected chi connectivity index (χ2v) is 12.9. The van der Waals surface area contributed by atoms with Crippen LogP contribution in [0.15, 0.2) is 36.5 Å². The van der Waals surface area contributed by atoms with Crippen molar-refractivity contribution in [3.05, 3.63) is 36.5 Å². The van der Waals surface area contributed by atoms with Gasteiger partial charge in [-0.25, -0.2) is 0 Å². The zero-order valence-electron chi connectivity index (χ0n) is 26.4. The van der Waals surface area contributed by atoms with Crippen molar-refractivity contribution in [1.29, 1.82) is 0 Å². The van der Waals surface area contributed by atoms with Crippen molar-refractivity contribution < 1.29 is 22.9 Å². The molecule has 3 N–H and O–H groups in total. The summed E-state index contributed by atoms with van der Waals surface area (Å²) >= 11 is 0. The average molecular weight is 598 g/mol. The van der Waals surface area contributed by atoms with Crippen LogP contribution >= 0.6 is 0 Å². The standard InChI is InChI=1S/C34H63NO5S/c1-3-5-7-9-11-13-15-17-18-19-21-23-25-27-29-33(36)32(31-41(38,39)40)35-34(37)30-28-26-24-22-20-16-14-12-10-8-6-4-2/h12,14,19,21,27,29,32-33,36H,3-11,13,15-18,20,22-26,28,30-31H2,1-2H3,(H,35,37)(H,38,39,40)/b14-12-,21-19+,29-27+. The maximum Gasteiger partial charge on any atom is 0.267 e. The Morgan fingerprint density at radius 3 is 1.59 bits per heavy atom. The minimum absolute atomic E-state index is 0.277. The Morgan fingerprint density at radius 1 is 0.634 bits per heavy atom. The molecule has 0 bridgehead atoms. The number of unbranched alkanes of at least 4 members (excludes halogenated alkanes) is 17. The normalized spacial score (nSPS) is 14.0. The Hall–Kier alpha value is -1.44. The van der Waals surface area contributed by atoms with Crippen molar-refractivity contribution in [2.75, 3.05) is 5.75 Å². The lowest BCUT2D eigenvalue weighted by molar-refractivity contribution is -0.122. The van der Waals surface area contributed by atoms with Gasteiger partial charge in [0.15, 0.2) is 0 Å². The molecule has 7 heteroatoms. The number of nitrogens with one attached hydrogen (secondary N) is 1. The Bertz CT molecular complexity index is 791. The monoisotopic (exact) mass is 597 g/mol. The number of carbonyl (C=O) groups excluding carboxylic acids is 1. The fourth-order valence-electron chi connectivity index (χ4n) is 4.75. The van der Waals surface area contributed by atoms with Crippen LogP contribution in [0.4, 0.5) is 0 Å². The average Bonchev–Trinajstić information content (AvgIpc) is 2.92. The molecule has 0 aliphatic heterocycles. The summed E-state index contributed by atoms with van der Waals surface area (Å²) in [4.78, 5) is 12.4. The number of allylic oxidation sites excluding steroid dienone is 5. The molecule has 0 aliphatic carbocycles. The predicted octanol–water partition coefficient (Wildman–Crippen LogP) is 9.01. The first-order valence-electron chi connectivity index (χ1n) is 16.7. The molecule has 0 rings (SSSR count). The van der Waals surface area contributed by atoms with Gasteiger partial charge in [0.25, 0.3) is 10.1 Å². The van der Waals surface area contributed by atoms with Gasteiger partial charge in [-0.05, 0) is 57.8 Å². The van der Waals surface area contributed by atoms with Crippen molar-refractivity contribution >= 4 is 16.0 Å². The second-order valence-electron chi connectivity index (χ2n) is 11.4. The number of amides is 1. The Morgan fingerprint density at radius 2 is 1.05 bits per heavy atom. The minimum Gasteiger partial charge on any atom is -0.387 e. The van der Waals surface area contributed by atoms with Crippen LogP contribution in [-0.4, -0.2) is 41.9 Å². The van der Waals surface area contributed by atoms with Gasteiger partial charge in [-0.2, -0.15) is 8.42 Å². The molecule has 0 aromatic carbocycles.